The topological polar surface area (TPSA) is 42.1 Å². The molecular weight excluding hydrogens is 218 g/mol. The van der Waals surface area contributed by atoms with Crippen molar-refractivity contribution < 1.29 is 0 Å². The van der Waals surface area contributed by atoms with E-state index in [1.807, 2.05) is 6.20 Å². The van der Waals surface area contributed by atoms with Crippen molar-refractivity contribution in [1.29, 1.82) is 0 Å². The largest absolute Gasteiger partial charge is 0.330 e. The fourth-order valence-electron chi connectivity index (χ4n) is 3.34. The van der Waals surface area contributed by atoms with Crippen molar-refractivity contribution in [2.45, 2.75) is 18.8 Å². The highest BCUT2D eigenvalue weighted by Gasteiger charge is 2.39. The Balaban J connectivity index is 1.80. The molecule has 4 heteroatoms. The van der Waals surface area contributed by atoms with Crippen molar-refractivity contribution in [1.82, 2.24) is 9.88 Å². The first-order valence-electron chi connectivity index (χ1n) is 6.20. The number of aromatic nitrogens is 1. The van der Waals surface area contributed by atoms with E-state index in [2.05, 4.69) is 15.3 Å². The van der Waals surface area contributed by atoms with Crippen LogP contribution < -0.4 is 5.73 Å². The highest BCUT2D eigenvalue weighted by molar-refractivity contribution is 7.09. The zero-order valence-electron chi connectivity index (χ0n) is 9.51. The van der Waals surface area contributed by atoms with Gasteiger partial charge in [-0.25, -0.2) is 4.98 Å². The van der Waals surface area contributed by atoms with Gasteiger partial charge in [0.1, 0.15) is 0 Å². The number of fused-ring (bicyclic) bond motifs is 3. The van der Waals surface area contributed by atoms with Gasteiger partial charge in [0.05, 0.1) is 5.01 Å². The van der Waals surface area contributed by atoms with Crippen LogP contribution in [-0.2, 0) is 0 Å². The summed E-state index contributed by atoms with van der Waals surface area (Å²) in [4.78, 5) is 7.06. The number of rotatable bonds is 3. The molecular formula is C12H19N3S. The van der Waals surface area contributed by atoms with E-state index in [0.717, 1.165) is 18.4 Å². The Morgan fingerprint density at radius 3 is 2.81 bits per heavy atom. The zero-order chi connectivity index (χ0) is 11.0. The molecule has 0 aliphatic carbocycles. The summed E-state index contributed by atoms with van der Waals surface area (Å²) in [5.41, 5.74) is 5.97. The van der Waals surface area contributed by atoms with Crippen LogP contribution in [0, 0.1) is 11.8 Å². The molecule has 0 radical (unpaired) electrons. The van der Waals surface area contributed by atoms with Gasteiger partial charge in [0.15, 0.2) is 0 Å². The molecule has 16 heavy (non-hydrogen) atoms. The summed E-state index contributed by atoms with van der Waals surface area (Å²) >= 11 is 1.77. The van der Waals surface area contributed by atoms with Crippen LogP contribution in [0.5, 0.6) is 0 Å². The maximum atomic E-state index is 5.97. The zero-order valence-corrected chi connectivity index (χ0v) is 10.3. The third kappa shape index (κ3) is 1.79. The molecule has 1 aromatic heterocycles. The average molecular weight is 237 g/mol. The lowest BCUT2D eigenvalue weighted by molar-refractivity contribution is 0.0378. The third-order valence-corrected chi connectivity index (χ3v) is 5.15. The molecule has 3 fully saturated rings. The second-order valence-electron chi connectivity index (χ2n) is 5.01. The van der Waals surface area contributed by atoms with Gasteiger partial charge in [0, 0.05) is 30.6 Å². The first kappa shape index (κ1) is 10.7. The fourth-order valence-corrected chi connectivity index (χ4v) is 4.17. The predicted molar refractivity (Wildman–Crippen MR) is 66.6 cm³/mol. The Morgan fingerprint density at radius 2 is 2.31 bits per heavy atom. The van der Waals surface area contributed by atoms with Crippen LogP contribution in [0.25, 0.3) is 0 Å². The van der Waals surface area contributed by atoms with Gasteiger partial charge in [-0.15, -0.1) is 11.3 Å². The van der Waals surface area contributed by atoms with E-state index < -0.39 is 0 Å². The van der Waals surface area contributed by atoms with E-state index in [1.54, 1.807) is 11.3 Å². The van der Waals surface area contributed by atoms with Gasteiger partial charge in [0.25, 0.3) is 0 Å². The first-order valence-corrected chi connectivity index (χ1v) is 7.08. The average Bonchev–Trinajstić information content (AvgIpc) is 2.85. The predicted octanol–water partition coefficient (Wildman–Crippen LogP) is 1.53. The van der Waals surface area contributed by atoms with Gasteiger partial charge in [-0.1, -0.05) is 0 Å². The van der Waals surface area contributed by atoms with Crippen molar-refractivity contribution in [2.24, 2.45) is 17.6 Å². The minimum Gasteiger partial charge on any atom is -0.330 e. The lowest BCUT2D eigenvalue weighted by atomic mass is 9.72. The van der Waals surface area contributed by atoms with Crippen LogP contribution >= 0.6 is 11.3 Å². The summed E-state index contributed by atoms with van der Waals surface area (Å²) in [6, 6.07) is 0. The number of hydrogen-bond acceptors (Lipinski definition) is 4. The molecule has 0 aromatic carbocycles. The van der Waals surface area contributed by atoms with Crippen LogP contribution in [0.3, 0.4) is 0 Å². The number of hydrogen-bond donors (Lipinski definition) is 1. The molecule has 1 aromatic rings. The standard InChI is InChI=1S/C12H19N3S/c13-7-10(12-14-3-6-16-12)11-8-15-4-1-9(11)2-5-15/h3,6,9-11H,1-2,4-5,7-8,13H2. The minimum absolute atomic E-state index is 0.494. The Labute approximate surface area is 101 Å². The normalized spacial score (nSPS) is 35.2. The van der Waals surface area contributed by atoms with E-state index in [0.29, 0.717) is 5.92 Å². The lowest BCUT2D eigenvalue weighted by Crippen LogP contribution is -2.50. The van der Waals surface area contributed by atoms with Gasteiger partial charge in [-0.3, -0.25) is 0 Å². The molecule has 4 rings (SSSR count). The highest BCUT2D eigenvalue weighted by atomic mass is 32.1. The maximum absolute atomic E-state index is 5.97. The van der Waals surface area contributed by atoms with E-state index in [4.69, 9.17) is 5.73 Å². The molecule has 0 spiro atoms. The molecule has 3 aliphatic rings. The molecule has 2 bridgehead atoms. The first-order chi connectivity index (χ1) is 7.88. The molecule has 2 unspecified atom stereocenters. The number of piperidine rings is 3. The smallest absolute Gasteiger partial charge is 0.0971 e. The summed E-state index contributed by atoms with van der Waals surface area (Å²) < 4.78 is 0. The Kier molecular flexibility index (Phi) is 2.96. The Bertz CT molecular complexity index is 330. The van der Waals surface area contributed by atoms with Crippen molar-refractivity contribution in [3.63, 3.8) is 0 Å². The Morgan fingerprint density at radius 1 is 1.50 bits per heavy atom. The monoisotopic (exact) mass is 237 g/mol. The van der Waals surface area contributed by atoms with Crippen LogP contribution in [-0.4, -0.2) is 36.1 Å². The lowest BCUT2D eigenvalue weighted by Gasteiger charge is -2.47. The van der Waals surface area contributed by atoms with Gasteiger partial charge in [-0.05, 0) is 37.8 Å². The molecule has 3 saturated heterocycles. The van der Waals surface area contributed by atoms with Crippen LogP contribution in [0.4, 0.5) is 0 Å². The van der Waals surface area contributed by atoms with Crippen molar-refractivity contribution in [3.05, 3.63) is 16.6 Å². The molecule has 0 amide bonds. The van der Waals surface area contributed by atoms with E-state index in [9.17, 15) is 0 Å². The second kappa shape index (κ2) is 4.43. The number of thiazole rings is 1. The summed E-state index contributed by atoms with van der Waals surface area (Å²) in [6.07, 6.45) is 4.64. The quantitative estimate of drug-likeness (QED) is 0.867. The Hall–Kier alpha value is -0.450. The molecule has 88 valence electrons. The molecule has 0 saturated carbocycles. The van der Waals surface area contributed by atoms with E-state index in [1.165, 1.54) is 37.5 Å². The molecule has 2 atom stereocenters. The van der Waals surface area contributed by atoms with Crippen molar-refractivity contribution in [2.75, 3.05) is 26.2 Å². The van der Waals surface area contributed by atoms with Gasteiger partial charge in [0.2, 0.25) is 0 Å². The van der Waals surface area contributed by atoms with Gasteiger partial charge < -0.3 is 10.6 Å². The fraction of sp³-hybridized carbons (Fsp3) is 0.750. The minimum atomic E-state index is 0.494. The van der Waals surface area contributed by atoms with Crippen LogP contribution in [0.15, 0.2) is 11.6 Å². The summed E-state index contributed by atoms with van der Waals surface area (Å²) in [6.45, 7) is 4.60. The third-order valence-electron chi connectivity index (χ3n) is 4.25. The molecule has 4 heterocycles. The molecule has 2 N–H and O–H groups in total. The van der Waals surface area contributed by atoms with Crippen LogP contribution in [0.2, 0.25) is 0 Å². The summed E-state index contributed by atoms with van der Waals surface area (Å²) in [7, 11) is 0. The highest BCUT2D eigenvalue weighted by Crippen LogP contribution is 2.40. The van der Waals surface area contributed by atoms with Crippen LogP contribution in [0.1, 0.15) is 23.8 Å². The SMILES string of the molecule is NCC(c1nccs1)C1CN2CCC1CC2. The molecule has 3 aliphatic heterocycles. The molecule has 3 nitrogen and oxygen atoms in total. The van der Waals surface area contributed by atoms with Crippen molar-refractivity contribution in [3.8, 4) is 0 Å². The van der Waals surface area contributed by atoms with E-state index >= 15 is 0 Å². The number of nitrogens with two attached hydrogens (primary N) is 1. The maximum Gasteiger partial charge on any atom is 0.0971 e. The summed E-state index contributed by atoms with van der Waals surface area (Å²) in [5, 5.41) is 3.32. The van der Waals surface area contributed by atoms with Crippen molar-refractivity contribution >= 4 is 11.3 Å². The van der Waals surface area contributed by atoms with E-state index in [-0.39, 0.29) is 0 Å². The second-order valence-corrected chi connectivity index (χ2v) is 5.94. The van der Waals surface area contributed by atoms with Gasteiger partial charge >= 0.3 is 0 Å². The number of nitrogens with zero attached hydrogens (tertiary/aromatic N) is 2. The summed E-state index contributed by atoms with van der Waals surface area (Å²) in [5.74, 6) is 2.13. The van der Waals surface area contributed by atoms with Gasteiger partial charge in [-0.2, -0.15) is 0 Å².